The number of piperidine rings is 1. The number of phenolic OH excluding ortho intramolecular Hbond substituents is 1. The first kappa shape index (κ1) is 95.4. The van der Waals surface area contributed by atoms with E-state index in [2.05, 4.69) is 63.7 Å². The number of hydrogen-bond donors (Lipinski definition) is 16. The monoisotopic (exact) mass is 1640 g/mol. The number of rotatable bonds is 49. The van der Waals surface area contributed by atoms with Crippen LogP contribution in [0.4, 0.5) is 14.4 Å². The number of likely N-dealkylation sites (tertiary alicyclic amines) is 1. The number of carbonyl (C=O) groups excluding carboxylic acids is 11. The molecule has 1 aliphatic heterocycles. The minimum absolute atomic E-state index is 0.0000971. The molecule has 4 rings (SSSR count). The van der Waals surface area contributed by atoms with E-state index in [1.165, 1.54) is 52.0 Å². The molecule has 0 bridgehead atoms. The van der Waals surface area contributed by atoms with Crippen molar-refractivity contribution in [3.8, 4) is 5.75 Å². The Kier molecular flexibility index (Phi) is 42.3. The van der Waals surface area contributed by atoms with Crippen LogP contribution in [0.5, 0.6) is 5.75 Å². The number of unbranched alkanes of at least 4 members (excludes halogenated alkanes) is 1. The fraction of sp³-hybridized carbons (Fsp3) is 0.595. The van der Waals surface area contributed by atoms with E-state index in [1.54, 1.807) is 60.5 Å². The normalized spacial score (nSPS) is 15.3. The van der Waals surface area contributed by atoms with Crippen molar-refractivity contribution in [2.75, 3.05) is 45.0 Å². The minimum atomic E-state index is -1.74. The Morgan fingerprint density at radius 3 is 1.96 bits per heavy atom. The Hall–Kier alpha value is -10.0. The molecule has 2 aromatic carbocycles. The number of carbonyl (C=O) groups is 15. The van der Waals surface area contributed by atoms with Gasteiger partial charge in [0.2, 0.25) is 35.4 Å². The number of hydrogen-bond acceptors (Lipinski definition) is 23. The van der Waals surface area contributed by atoms with Crippen LogP contribution < -0.4 is 58.7 Å². The predicted molar refractivity (Wildman–Crippen MR) is 418 cm³/mol. The Morgan fingerprint density at radius 2 is 1.34 bits per heavy atom. The van der Waals surface area contributed by atoms with Crippen molar-refractivity contribution in [3.63, 3.8) is 0 Å². The summed E-state index contributed by atoms with van der Waals surface area (Å²) >= 11 is 1.25. The molecule has 16 N–H and O–H groups in total. The van der Waals surface area contributed by atoms with E-state index >= 15 is 0 Å². The van der Waals surface area contributed by atoms with Crippen molar-refractivity contribution in [1.82, 2.24) is 73.5 Å². The maximum Gasteiger partial charge on any atom is 0.426 e. The molecule has 1 aliphatic rings. The van der Waals surface area contributed by atoms with Crippen LogP contribution in [0.25, 0.3) is 0 Å². The number of aromatic hydroxyl groups is 1. The lowest BCUT2D eigenvalue weighted by atomic mass is 9.93. The number of aryl methyl sites for hydroxylation is 1. The van der Waals surface area contributed by atoms with Crippen LogP contribution in [0.2, 0.25) is 0 Å². The maximum atomic E-state index is 14.8. The van der Waals surface area contributed by atoms with E-state index in [0.717, 1.165) is 24.9 Å². The average Bonchev–Trinajstić information content (AvgIpc) is 1.52. The maximum absolute atomic E-state index is 14.8. The predicted octanol–water partition coefficient (Wildman–Crippen LogP) is 4.32. The van der Waals surface area contributed by atoms with Gasteiger partial charge in [-0.1, -0.05) is 112 Å². The van der Waals surface area contributed by atoms with Crippen molar-refractivity contribution in [2.45, 2.75) is 219 Å². The van der Waals surface area contributed by atoms with Crippen molar-refractivity contribution in [3.05, 3.63) is 81.3 Å². The number of ether oxygens (including phenoxy) is 2. The van der Waals surface area contributed by atoms with E-state index in [1.807, 2.05) is 46.6 Å². The Bertz CT molecular complexity index is 3670. The second kappa shape index (κ2) is 50.2. The van der Waals surface area contributed by atoms with Gasteiger partial charge in [0.25, 0.3) is 5.91 Å². The molecule has 3 aromatic rings. The van der Waals surface area contributed by atoms with Gasteiger partial charge in [-0.2, -0.15) is 0 Å². The van der Waals surface area contributed by atoms with Crippen LogP contribution in [0.1, 0.15) is 171 Å². The topological polar surface area (TPSA) is 527 Å². The lowest BCUT2D eigenvalue weighted by Crippen LogP contribution is -2.59. The Labute approximate surface area is 668 Å². The van der Waals surface area contributed by atoms with E-state index in [-0.39, 0.29) is 118 Å². The van der Waals surface area contributed by atoms with Crippen molar-refractivity contribution in [2.24, 2.45) is 17.8 Å². The number of phenols is 1. The third-order valence-corrected chi connectivity index (χ3v) is 21.7. The first-order valence-corrected chi connectivity index (χ1v) is 40.9. The molecule has 0 spiro atoms. The number of aromatic nitrogens is 1. The smallest absolute Gasteiger partial charge is 0.426 e. The summed E-state index contributed by atoms with van der Waals surface area (Å²) in [5, 5.41) is 72.6. The average molecular weight is 1640 g/mol. The van der Waals surface area contributed by atoms with Gasteiger partial charge in [0.1, 0.15) is 48.3 Å². The van der Waals surface area contributed by atoms with Gasteiger partial charge < -0.3 is 87.8 Å². The summed E-state index contributed by atoms with van der Waals surface area (Å²) in [7, 11) is 4.39. The van der Waals surface area contributed by atoms with Gasteiger partial charge in [0.15, 0.2) is 6.73 Å². The first-order chi connectivity index (χ1) is 53.6. The van der Waals surface area contributed by atoms with E-state index in [0.29, 0.717) is 54.7 Å². The summed E-state index contributed by atoms with van der Waals surface area (Å²) in [6, 6.07) is 2.09. The van der Waals surface area contributed by atoms with Crippen LogP contribution in [0, 0.1) is 17.8 Å². The molecule has 626 valence electrons. The number of nitrogens with one attached hydrogen (secondary N) is 11. The highest BCUT2D eigenvalue weighted by molar-refractivity contribution is 8.76. The molecule has 1 aromatic heterocycles. The quantitative estimate of drug-likeness (QED) is 0.0123. The van der Waals surface area contributed by atoms with Crippen molar-refractivity contribution < 1.29 is 107 Å². The Morgan fingerprint density at radius 1 is 0.681 bits per heavy atom. The zero-order chi connectivity index (χ0) is 83.9. The van der Waals surface area contributed by atoms with Gasteiger partial charge in [0, 0.05) is 66.9 Å². The summed E-state index contributed by atoms with van der Waals surface area (Å²) in [4.78, 5) is 200. The standard InChI is InChI=1S/C74H110N14O22S3/c1-10-16-62(95)110-41-88(69(101)63(43(5)11-2)84-68(100)57-18-13-15-30-87(57)9)56(42(3)4)27-28-59-81-55(40-111-59)67(99)79-50(34-47-23-25-51(89)26-24-47)33-44(6)64(96)85-86-74(108)109-31-32-112-113-39-45(7)77-65(97)54(37-61(93)94)82-66(98)53(36-60(91)92)80-58(90)35-48-19-21-49(22-20-48)38-76-72(106)75-29-14-12-17-52(71(104)105)83-73(107)78-46(8)70(102)103/h19-26,40,42-46,50,52-54,56-57,63,89H,10-18,27-39,41H2,1-9H3,(H,77,97)(H,79,99)(H,80,90)(H,82,98)(H,84,100)(H,85,96)(H,86,108)(H,91,92)(H,93,94)(H,102,103)(H,104,105)(H2,75,76,106)(H2,78,83,107)/t43?,44-,45+,46-,50+,52-,53-,54-,56+,57+,63-/m0/s1. The van der Waals surface area contributed by atoms with Gasteiger partial charge >= 0.3 is 48.0 Å². The molecule has 36 nitrogen and oxygen atoms in total. The lowest BCUT2D eigenvalue weighted by Gasteiger charge is -2.39. The lowest BCUT2D eigenvalue weighted by molar-refractivity contribution is -0.159. The summed E-state index contributed by atoms with van der Waals surface area (Å²) < 4.78 is 10.9. The number of amides is 12. The van der Waals surface area contributed by atoms with Crippen LogP contribution in [0.3, 0.4) is 0 Å². The summed E-state index contributed by atoms with van der Waals surface area (Å²) in [6.07, 6.45) is 2.33. The van der Waals surface area contributed by atoms with Gasteiger partial charge in [-0.05, 0) is 126 Å². The first-order valence-electron chi connectivity index (χ1n) is 37.5. The van der Waals surface area contributed by atoms with E-state index in [4.69, 9.17) is 14.6 Å². The van der Waals surface area contributed by atoms with Gasteiger partial charge in [-0.25, -0.2) is 29.6 Å². The number of thiazole rings is 1. The number of carboxylic acids is 4. The zero-order valence-electron chi connectivity index (χ0n) is 65.1. The number of likely N-dealkylation sites (N-methyl/N-ethyl adjacent to an activating group) is 1. The van der Waals surface area contributed by atoms with Gasteiger partial charge in [-0.15, -0.1) is 11.3 Å². The molecule has 1 saturated heterocycles. The highest BCUT2D eigenvalue weighted by atomic mass is 33.1. The SMILES string of the molecule is CCCC(=O)OCN(C(=O)[C@@H](NC(=O)[C@H]1CCCCN1C)C(C)CC)[C@H](CCc1nc(C(=O)N[C@@H](Cc2ccc(O)cc2)C[C@H](C)C(=O)NNC(=O)OCCSSC[C@@H](C)NC(=O)[C@H](CC(=O)O)NC(=O)[C@H](CC(=O)O)NC(=O)Cc2ccc(CNC(=O)NCCCC[C@H](NC(=O)N[C@@H](C)C(=O)O)C(=O)O)cc2)cs1)C(C)C. The van der Waals surface area contributed by atoms with Crippen LogP contribution in [0.15, 0.2) is 53.9 Å². The number of carboxylic acid groups (broad SMARTS) is 4. The molecule has 39 heteroatoms. The third-order valence-electron chi connectivity index (χ3n) is 18.3. The molecule has 113 heavy (non-hydrogen) atoms. The van der Waals surface area contributed by atoms with Crippen LogP contribution >= 0.6 is 32.9 Å². The highest BCUT2D eigenvalue weighted by Gasteiger charge is 2.39. The number of benzene rings is 2. The fourth-order valence-electron chi connectivity index (χ4n) is 11.7. The number of nitrogens with zero attached hydrogens (tertiary/aromatic N) is 3. The van der Waals surface area contributed by atoms with E-state index in [9.17, 15) is 92.3 Å². The molecule has 0 saturated carbocycles. The minimum Gasteiger partial charge on any atom is -0.508 e. The summed E-state index contributed by atoms with van der Waals surface area (Å²) in [5.41, 5.74) is 6.42. The summed E-state index contributed by atoms with van der Waals surface area (Å²) in [6.45, 7) is 14.5. The number of aliphatic carboxylic acids is 4. The van der Waals surface area contributed by atoms with Crippen LogP contribution in [-0.4, -0.2) is 229 Å². The van der Waals surface area contributed by atoms with Crippen LogP contribution in [-0.2, 0) is 88.0 Å². The summed E-state index contributed by atoms with van der Waals surface area (Å²) in [5.74, 6) is -11.4. The molecular weight excluding hydrogens is 1530 g/mol. The van der Waals surface area contributed by atoms with Crippen molar-refractivity contribution >= 4 is 122 Å². The molecule has 12 amide bonds. The van der Waals surface area contributed by atoms with Crippen molar-refractivity contribution in [1.29, 1.82) is 0 Å². The second-order valence-electron chi connectivity index (χ2n) is 28.0. The molecule has 11 atom stereocenters. The molecule has 2 heterocycles. The molecule has 0 aliphatic carbocycles. The molecule has 1 fully saturated rings. The molecule has 1 unspecified atom stereocenters. The number of hydrazine groups is 1. The fourth-order valence-corrected chi connectivity index (χ4v) is 14.6. The third kappa shape index (κ3) is 36.1. The molecular formula is C74H110N14O22S3. The Balaban J connectivity index is 1.22. The van der Waals surface area contributed by atoms with E-state index < -0.39 is 145 Å². The number of urea groups is 2. The van der Waals surface area contributed by atoms with Gasteiger partial charge in [-0.3, -0.25) is 63.1 Å². The van der Waals surface area contributed by atoms with Gasteiger partial charge in [0.05, 0.1) is 30.3 Å². The largest absolute Gasteiger partial charge is 0.508 e. The second-order valence-corrected chi connectivity index (χ2v) is 31.6. The molecule has 0 radical (unpaired) electrons. The highest BCUT2D eigenvalue weighted by Crippen LogP contribution is 2.26. The zero-order valence-corrected chi connectivity index (χ0v) is 67.6. The number of esters is 1.